The van der Waals surface area contributed by atoms with Gasteiger partial charge in [0.05, 0.1) is 11.3 Å². The van der Waals surface area contributed by atoms with Crippen molar-refractivity contribution in [2.45, 2.75) is 0 Å². The summed E-state index contributed by atoms with van der Waals surface area (Å²) in [4.78, 5) is 15.7. The lowest BCUT2D eigenvalue weighted by molar-refractivity contribution is 0.102. The molecule has 0 aliphatic rings. The Bertz CT molecular complexity index is 649. The minimum atomic E-state index is -1.20. The summed E-state index contributed by atoms with van der Waals surface area (Å²) in [6.45, 7) is 0. The molecule has 0 saturated carbocycles. The summed E-state index contributed by atoms with van der Waals surface area (Å²) < 4.78 is 27.2. The average molecular weight is 328 g/mol. The van der Waals surface area contributed by atoms with Crippen LogP contribution in [0.4, 0.5) is 20.2 Å². The van der Waals surface area contributed by atoms with Crippen LogP contribution >= 0.6 is 15.9 Å². The van der Waals surface area contributed by atoms with Crippen molar-refractivity contribution in [3.05, 3.63) is 52.3 Å². The zero-order valence-electron chi connectivity index (χ0n) is 9.45. The third-order valence-electron chi connectivity index (χ3n) is 2.33. The van der Waals surface area contributed by atoms with Gasteiger partial charge in [-0.2, -0.15) is 0 Å². The number of hydrogen-bond donors (Lipinski definition) is 2. The molecule has 0 saturated heterocycles. The fourth-order valence-corrected chi connectivity index (χ4v) is 1.78. The van der Waals surface area contributed by atoms with Crippen LogP contribution in [0.25, 0.3) is 0 Å². The molecule has 4 nitrogen and oxygen atoms in total. The van der Waals surface area contributed by atoms with Crippen molar-refractivity contribution < 1.29 is 13.6 Å². The van der Waals surface area contributed by atoms with Crippen LogP contribution in [0, 0.1) is 11.6 Å². The third kappa shape index (κ3) is 2.87. The fraction of sp³-hybridized carbons (Fsp3) is 0. The molecule has 0 aliphatic heterocycles. The molecule has 0 aliphatic carbocycles. The first-order valence-corrected chi connectivity index (χ1v) is 5.93. The van der Waals surface area contributed by atoms with Crippen molar-refractivity contribution in [2.24, 2.45) is 0 Å². The van der Waals surface area contributed by atoms with Gasteiger partial charge in [-0.05, 0) is 34.1 Å². The highest BCUT2D eigenvalue weighted by Crippen LogP contribution is 2.25. The van der Waals surface area contributed by atoms with E-state index in [1.807, 2.05) is 0 Å². The van der Waals surface area contributed by atoms with Gasteiger partial charge in [0.1, 0.15) is 5.69 Å². The van der Waals surface area contributed by atoms with E-state index in [0.29, 0.717) is 4.47 Å². The molecule has 1 amide bonds. The highest BCUT2D eigenvalue weighted by molar-refractivity contribution is 9.10. The number of aromatic nitrogens is 1. The fourth-order valence-electron chi connectivity index (χ4n) is 1.41. The van der Waals surface area contributed by atoms with E-state index in [9.17, 15) is 13.6 Å². The Balaban J connectivity index is 2.32. The smallest absolute Gasteiger partial charge is 0.257 e. The summed E-state index contributed by atoms with van der Waals surface area (Å²) in [5.41, 5.74) is 5.25. The van der Waals surface area contributed by atoms with Crippen LogP contribution in [-0.2, 0) is 0 Å². The number of amides is 1. The predicted octanol–water partition coefficient (Wildman–Crippen LogP) is 2.96. The van der Waals surface area contributed by atoms with Crippen molar-refractivity contribution in [1.29, 1.82) is 0 Å². The Kier molecular flexibility index (Phi) is 3.75. The molecule has 0 radical (unpaired) electrons. The number of carbonyl (C=O) groups excluding carboxylic acids is 1. The molecule has 19 heavy (non-hydrogen) atoms. The number of benzene rings is 1. The number of halogens is 3. The molecular formula is C12H8BrF2N3O. The zero-order chi connectivity index (χ0) is 14.0. The van der Waals surface area contributed by atoms with E-state index < -0.39 is 17.5 Å². The molecule has 1 aromatic carbocycles. The maximum Gasteiger partial charge on any atom is 0.257 e. The highest BCUT2D eigenvalue weighted by Gasteiger charge is 2.15. The lowest BCUT2D eigenvalue weighted by Gasteiger charge is -2.09. The maximum absolute atomic E-state index is 13.5. The quantitative estimate of drug-likeness (QED) is 0.833. The Morgan fingerprint density at radius 3 is 2.74 bits per heavy atom. The van der Waals surface area contributed by atoms with Gasteiger partial charge in [-0.1, -0.05) is 0 Å². The minimum Gasteiger partial charge on any atom is -0.397 e. The van der Waals surface area contributed by atoms with Crippen LogP contribution in [0.15, 0.2) is 35.1 Å². The predicted molar refractivity (Wildman–Crippen MR) is 70.7 cm³/mol. The molecule has 2 rings (SSSR count). The van der Waals surface area contributed by atoms with E-state index in [4.69, 9.17) is 5.73 Å². The second kappa shape index (κ2) is 5.31. The number of nitrogen functional groups attached to an aromatic ring is 1. The number of pyridine rings is 1. The van der Waals surface area contributed by atoms with Crippen molar-refractivity contribution in [2.75, 3.05) is 11.1 Å². The topological polar surface area (TPSA) is 68.0 Å². The van der Waals surface area contributed by atoms with Crippen LogP contribution in [0.5, 0.6) is 0 Å². The standard InChI is InChI=1S/C12H8BrF2N3O/c13-7-3-6(4-17-5-7)12(19)18-11-9(16)2-1-8(14)10(11)15/h1-5H,16H2,(H,18,19). The van der Waals surface area contributed by atoms with Gasteiger partial charge in [-0.15, -0.1) is 0 Å². The van der Waals surface area contributed by atoms with Crippen LogP contribution in [0.3, 0.4) is 0 Å². The summed E-state index contributed by atoms with van der Waals surface area (Å²) in [7, 11) is 0. The number of nitrogens with two attached hydrogens (primary N) is 1. The first-order chi connectivity index (χ1) is 8.99. The van der Waals surface area contributed by atoms with Gasteiger partial charge in [0, 0.05) is 16.9 Å². The lowest BCUT2D eigenvalue weighted by atomic mass is 10.2. The summed E-state index contributed by atoms with van der Waals surface area (Å²) in [6, 6.07) is 3.56. The molecule has 0 spiro atoms. The van der Waals surface area contributed by atoms with Crippen LogP contribution in [-0.4, -0.2) is 10.9 Å². The Morgan fingerprint density at radius 1 is 1.32 bits per heavy atom. The number of rotatable bonds is 2. The minimum absolute atomic E-state index is 0.0600. The van der Waals surface area contributed by atoms with Gasteiger partial charge < -0.3 is 11.1 Å². The molecule has 7 heteroatoms. The van der Waals surface area contributed by atoms with Gasteiger partial charge in [0.2, 0.25) is 0 Å². The molecule has 0 atom stereocenters. The number of nitrogens with one attached hydrogen (secondary N) is 1. The van der Waals surface area contributed by atoms with Crippen molar-refractivity contribution in [3.63, 3.8) is 0 Å². The van der Waals surface area contributed by atoms with Crippen molar-refractivity contribution in [3.8, 4) is 0 Å². The molecule has 0 unspecified atom stereocenters. The van der Waals surface area contributed by atoms with E-state index in [1.54, 1.807) is 0 Å². The van der Waals surface area contributed by atoms with Crippen molar-refractivity contribution >= 4 is 33.2 Å². The van der Waals surface area contributed by atoms with Crippen molar-refractivity contribution in [1.82, 2.24) is 4.98 Å². The average Bonchev–Trinajstić information content (AvgIpc) is 2.39. The highest BCUT2D eigenvalue weighted by atomic mass is 79.9. The van der Waals surface area contributed by atoms with E-state index in [-0.39, 0.29) is 16.9 Å². The van der Waals surface area contributed by atoms with Crippen LogP contribution < -0.4 is 11.1 Å². The van der Waals surface area contributed by atoms with Crippen LogP contribution in [0.2, 0.25) is 0 Å². The van der Waals surface area contributed by atoms with E-state index in [1.165, 1.54) is 24.5 Å². The zero-order valence-corrected chi connectivity index (χ0v) is 11.0. The lowest BCUT2D eigenvalue weighted by Crippen LogP contribution is -2.15. The van der Waals surface area contributed by atoms with Gasteiger partial charge >= 0.3 is 0 Å². The first-order valence-electron chi connectivity index (χ1n) is 5.14. The second-order valence-electron chi connectivity index (χ2n) is 3.67. The first kappa shape index (κ1) is 13.4. The summed E-state index contributed by atoms with van der Waals surface area (Å²) >= 11 is 3.16. The molecular weight excluding hydrogens is 320 g/mol. The number of carbonyl (C=O) groups is 1. The van der Waals surface area contributed by atoms with Crippen LogP contribution in [0.1, 0.15) is 10.4 Å². The molecule has 0 bridgehead atoms. The Morgan fingerprint density at radius 2 is 2.05 bits per heavy atom. The number of hydrogen-bond acceptors (Lipinski definition) is 3. The van der Waals surface area contributed by atoms with E-state index in [0.717, 1.165) is 6.07 Å². The number of nitrogens with zero attached hydrogens (tertiary/aromatic N) is 1. The Labute approximate surface area is 115 Å². The summed E-state index contributed by atoms with van der Waals surface area (Å²) in [5, 5.41) is 2.22. The third-order valence-corrected chi connectivity index (χ3v) is 2.77. The summed E-state index contributed by atoms with van der Waals surface area (Å²) in [5.74, 6) is -2.92. The van der Waals surface area contributed by atoms with Gasteiger partial charge in [0.25, 0.3) is 5.91 Å². The number of anilines is 2. The molecule has 1 aromatic heterocycles. The van der Waals surface area contributed by atoms with E-state index >= 15 is 0 Å². The molecule has 2 aromatic rings. The molecule has 0 fully saturated rings. The molecule has 98 valence electrons. The largest absolute Gasteiger partial charge is 0.397 e. The molecule has 3 N–H and O–H groups in total. The molecule has 1 heterocycles. The van der Waals surface area contributed by atoms with Gasteiger partial charge in [-0.25, -0.2) is 8.78 Å². The second-order valence-corrected chi connectivity index (χ2v) is 4.59. The Hall–Kier alpha value is -2.02. The summed E-state index contributed by atoms with van der Waals surface area (Å²) in [6.07, 6.45) is 2.79. The maximum atomic E-state index is 13.5. The normalized spacial score (nSPS) is 10.3. The van der Waals surface area contributed by atoms with Gasteiger partial charge in [-0.3, -0.25) is 9.78 Å². The van der Waals surface area contributed by atoms with Gasteiger partial charge in [0.15, 0.2) is 11.6 Å². The van der Waals surface area contributed by atoms with E-state index in [2.05, 4.69) is 26.2 Å². The monoisotopic (exact) mass is 327 g/mol. The SMILES string of the molecule is Nc1ccc(F)c(F)c1NC(=O)c1cncc(Br)c1.